The second-order valence-corrected chi connectivity index (χ2v) is 7.69. The molecule has 10 heteroatoms. The summed E-state index contributed by atoms with van der Waals surface area (Å²) >= 11 is 0. The predicted octanol–water partition coefficient (Wildman–Crippen LogP) is 1.78. The van der Waals surface area contributed by atoms with Gasteiger partial charge in [0, 0.05) is 31.5 Å². The van der Waals surface area contributed by atoms with Gasteiger partial charge in [0.1, 0.15) is 18.0 Å². The molecule has 3 heterocycles. The zero-order chi connectivity index (χ0) is 22.0. The molecule has 3 aromatic rings. The first-order chi connectivity index (χ1) is 15.0. The number of anilines is 2. The quantitative estimate of drug-likeness (QED) is 0.641. The number of nitrogens with zero attached hydrogens (tertiary/aromatic N) is 5. The van der Waals surface area contributed by atoms with Crippen molar-refractivity contribution in [3.63, 3.8) is 0 Å². The van der Waals surface area contributed by atoms with E-state index < -0.39 is 11.6 Å². The molecule has 1 saturated heterocycles. The Kier molecular flexibility index (Phi) is 5.79. The third-order valence-corrected chi connectivity index (χ3v) is 5.41. The molecule has 1 N–H and O–H groups in total. The number of aromatic nitrogens is 4. The van der Waals surface area contributed by atoms with Gasteiger partial charge in [0.05, 0.1) is 19.9 Å². The molecule has 1 aromatic carbocycles. The van der Waals surface area contributed by atoms with Crippen molar-refractivity contribution in [1.82, 2.24) is 19.2 Å². The Morgan fingerprint density at radius 1 is 1.29 bits per heavy atom. The zero-order valence-electron chi connectivity index (χ0n) is 17.9. The standard InChI is InChI=1S/C21H26N6O4/c1-14-5-4-9-25(12-14)19-20-24-27(21(29)26(20)10-8-22-19)13-18(28)23-16-11-15(30-2)6-7-17(16)31-3/h6-8,10-11,14H,4-5,9,12-13H2,1-3H3,(H,23,28). The highest BCUT2D eigenvalue weighted by atomic mass is 16.5. The van der Waals surface area contributed by atoms with E-state index in [0.29, 0.717) is 34.6 Å². The summed E-state index contributed by atoms with van der Waals surface area (Å²) in [6.45, 7) is 3.70. The van der Waals surface area contributed by atoms with Gasteiger partial charge in [0.2, 0.25) is 11.6 Å². The first kappa shape index (κ1) is 20.7. The smallest absolute Gasteiger partial charge is 0.350 e. The molecule has 1 atom stereocenters. The fraction of sp³-hybridized carbons (Fsp3) is 0.429. The number of carbonyl (C=O) groups excluding carboxylic acids is 1. The van der Waals surface area contributed by atoms with Crippen LogP contribution in [0.25, 0.3) is 5.65 Å². The molecule has 4 rings (SSSR count). The number of hydrogen-bond donors (Lipinski definition) is 1. The summed E-state index contributed by atoms with van der Waals surface area (Å²) in [6, 6.07) is 5.09. The molecule has 31 heavy (non-hydrogen) atoms. The highest BCUT2D eigenvalue weighted by Gasteiger charge is 2.22. The molecule has 0 bridgehead atoms. The number of carbonyl (C=O) groups is 1. The minimum atomic E-state index is -0.404. The van der Waals surface area contributed by atoms with E-state index in [2.05, 4.69) is 27.2 Å². The maximum Gasteiger partial charge on any atom is 0.350 e. The molecule has 1 aliphatic heterocycles. The number of nitrogens with one attached hydrogen (secondary N) is 1. The summed E-state index contributed by atoms with van der Waals surface area (Å²) in [6.07, 6.45) is 5.41. The maximum atomic E-state index is 12.8. The van der Waals surface area contributed by atoms with E-state index in [4.69, 9.17) is 9.47 Å². The molecule has 1 unspecified atom stereocenters. The van der Waals surface area contributed by atoms with Crippen LogP contribution >= 0.6 is 0 Å². The Balaban J connectivity index is 1.59. The van der Waals surface area contributed by atoms with Crippen LogP contribution in [0.1, 0.15) is 19.8 Å². The number of ether oxygens (including phenoxy) is 2. The van der Waals surface area contributed by atoms with Crippen molar-refractivity contribution in [2.75, 3.05) is 37.5 Å². The first-order valence-electron chi connectivity index (χ1n) is 10.2. The fourth-order valence-corrected chi connectivity index (χ4v) is 3.88. The van der Waals surface area contributed by atoms with E-state index in [9.17, 15) is 9.59 Å². The molecular formula is C21H26N6O4. The van der Waals surface area contributed by atoms with Crippen LogP contribution in [0, 0.1) is 5.92 Å². The highest BCUT2D eigenvalue weighted by molar-refractivity contribution is 5.92. The summed E-state index contributed by atoms with van der Waals surface area (Å²) in [4.78, 5) is 32.1. The number of hydrogen-bond acceptors (Lipinski definition) is 7. The van der Waals surface area contributed by atoms with Crippen molar-refractivity contribution in [1.29, 1.82) is 0 Å². The Morgan fingerprint density at radius 2 is 2.13 bits per heavy atom. The average molecular weight is 426 g/mol. The van der Waals surface area contributed by atoms with Gasteiger partial charge in [-0.25, -0.2) is 18.9 Å². The first-order valence-corrected chi connectivity index (χ1v) is 10.2. The second kappa shape index (κ2) is 8.66. The zero-order valence-corrected chi connectivity index (χ0v) is 17.9. The van der Waals surface area contributed by atoms with Crippen molar-refractivity contribution < 1.29 is 14.3 Å². The monoisotopic (exact) mass is 426 g/mol. The number of amides is 1. The largest absolute Gasteiger partial charge is 0.497 e. The van der Waals surface area contributed by atoms with Crippen LogP contribution < -0.4 is 25.4 Å². The van der Waals surface area contributed by atoms with Crippen molar-refractivity contribution in [3.05, 3.63) is 41.1 Å². The Labute approximate surface area is 179 Å². The van der Waals surface area contributed by atoms with Crippen LogP contribution in [-0.4, -0.2) is 52.4 Å². The lowest BCUT2D eigenvalue weighted by atomic mass is 10.0. The minimum absolute atomic E-state index is 0.239. The lowest BCUT2D eigenvalue weighted by Gasteiger charge is -2.31. The van der Waals surface area contributed by atoms with Crippen molar-refractivity contribution in [3.8, 4) is 11.5 Å². The molecule has 164 valence electrons. The third-order valence-electron chi connectivity index (χ3n) is 5.41. The van der Waals surface area contributed by atoms with E-state index in [1.807, 2.05) is 0 Å². The summed E-state index contributed by atoms with van der Waals surface area (Å²) < 4.78 is 13.1. The van der Waals surface area contributed by atoms with Gasteiger partial charge in [-0.2, -0.15) is 0 Å². The lowest BCUT2D eigenvalue weighted by Crippen LogP contribution is -2.35. The van der Waals surface area contributed by atoms with Crippen LogP contribution in [0.4, 0.5) is 11.5 Å². The number of benzene rings is 1. The fourth-order valence-electron chi connectivity index (χ4n) is 3.88. The molecule has 2 aromatic heterocycles. The van der Waals surface area contributed by atoms with Crippen LogP contribution in [-0.2, 0) is 11.3 Å². The van der Waals surface area contributed by atoms with E-state index >= 15 is 0 Å². The van der Waals surface area contributed by atoms with E-state index in [0.717, 1.165) is 24.2 Å². The number of fused-ring (bicyclic) bond motifs is 1. The van der Waals surface area contributed by atoms with Crippen molar-refractivity contribution in [2.24, 2.45) is 5.92 Å². The Morgan fingerprint density at radius 3 is 2.87 bits per heavy atom. The maximum absolute atomic E-state index is 12.8. The number of piperidine rings is 1. The summed E-state index contributed by atoms with van der Waals surface area (Å²) in [5, 5.41) is 7.18. The van der Waals surface area contributed by atoms with Gasteiger partial charge in [0.25, 0.3) is 0 Å². The molecule has 1 amide bonds. The molecule has 10 nitrogen and oxygen atoms in total. The molecule has 1 aliphatic rings. The van der Waals surface area contributed by atoms with Crippen LogP contribution in [0.15, 0.2) is 35.4 Å². The third kappa shape index (κ3) is 4.18. The van der Waals surface area contributed by atoms with Gasteiger partial charge in [-0.1, -0.05) is 6.92 Å². The van der Waals surface area contributed by atoms with Gasteiger partial charge in [-0.15, -0.1) is 5.10 Å². The molecule has 0 saturated carbocycles. The summed E-state index contributed by atoms with van der Waals surface area (Å²) in [5.41, 5.74) is 0.512. The number of rotatable bonds is 6. The highest BCUT2D eigenvalue weighted by Crippen LogP contribution is 2.29. The number of methoxy groups -OCH3 is 2. The van der Waals surface area contributed by atoms with E-state index in [-0.39, 0.29) is 6.54 Å². The van der Waals surface area contributed by atoms with Crippen molar-refractivity contribution >= 4 is 23.1 Å². The van der Waals surface area contributed by atoms with Crippen LogP contribution in [0.5, 0.6) is 11.5 Å². The topological polar surface area (TPSA) is 103 Å². The minimum Gasteiger partial charge on any atom is -0.497 e. The average Bonchev–Trinajstić information content (AvgIpc) is 3.09. The van der Waals surface area contributed by atoms with E-state index in [1.165, 1.54) is 17.9 Å². The SMILES string of the molecule is COc1ccc(OC)c(NC(=O)Cn2nc3c(N4CCCC(C)C4)nccn3c2=O)c1. The molecular weight excluding hydrogens is 400 g/mol. The predicted molar refractivity (Wildman–Crippen MR) is 116 cm³/mol. The second-order valence-electron chi connectivity index (χ2n) is 7.69. The van der Waals surface area contributed by atoms with Gasteiger partial charge < -0.3 is 19.7 Å². The van der Waals surface area contributed by atoms with Gasteiger partial charge in [0.15, 0.2) is 5.82 Å². The van der Waals surface area contributed by atoms with Gasteiger partial charge in [-0.05, 0) is 30.9 Å². The molecule has 0 aliphatic carbocycles. The summed E-state index contributed by atoms with van der Waals surface area (Å²) in [5.74, 6) is 1.88. The van der Waals surface area contributed by atoms with E-state index in [1.54, 1.807) is 37.7 Å². The Hall–Kier alpha value is -3.56. The summed E-state index contributed by atoms with van der Waals surface area (Å²) in [7, 11) is 3.05. The van der Waals surface area contributed by atoms with Gasteiger partial charge >= 0.3 is 5.69 Å². The van der Waals surface area contributed by atoms with Crippen LogP contribution in [0.2, 0.25) is 0 Å². The molecule has 1 fully saturated rings. The van der Waals surface area contributed by atoms with Crippen molar-refractivity contribution in [2.45, 2.75) is 26.3 Å². The Bertz CT molecular complexity index is 1150. The lowest BCUT2D eigenvalue weighted by molar-refractivity contribution is -0.117. The van der Waals surface area contributed by atoms with Crippen LogP contribution in [0.3, 0.4) is 0 Å². The molecule has 0 spiro atoms. The van der Waals surface area contributed by atoms with Gasteiger partial charge in [-0.3, -0.25) is 4.79 Å². The molecule has 0 radical (unpaired) electrons. The normalized spacial score (nSPS) is 16.4.